The van der Waals surface area contributed by atoms with E-state index in [1.807, 2.05) is 24.3 Å². The molecule has 1 heterocycles. The summed E-state index contributed by atoms with van der Waals surface area (Å²) in [6.45, 7) is 0. The molecule has 2 aromatic rings. The van der Waals surface area contributed by atoms with E-state index in [1.54, 1.807) is 17.0 Å². The molecule has 21 heavy (non-hydrogen) atoms. The summed E-state index contributed by atoms with van der Waals surface area (Å²) < 4.78 is 0.934. The second-order valence-corrected chi connectivity index (χ2v) is 6.94. The number of phenols is 1. The van der Waals surface area contributed by atoms with Crippen LogP contribution in [0.4, 0.5) is 5.69 Å². The van der Waals surface area contributed by atoms with E-state index in [9.17, 15) is 9.90 Å². The smallest absolute Gasteiger partial charge is 0.238 e. The Morgan fingerprint density at radius 3 is 2.81 bits per heavy atom. The van der Waals surface area contributed by atoms with Gasteiger partial charge in [0.05, 0.1) is 11.4 Å². The fourth-order valence-electron chi connectivity index (χ4n) is 2.28. The van der Waals surface area contributed by atoms with E-state index in [4.69, 9.17) is 11.6 Å². The molecule has 0 aromatic heterocycles. The molecule has 2 aromatic carbocycles. The molecule has 6 heteroatoms. The first-order chi connectivity index (χ1) is 10.1. The van der Waals surface area contributed by atoms with Gasteiger partial charge in [0.1, 0.15) is 11.1 Å². The highest BCUT2D eigenvalue weighted by Gasteiger charge is 2.36. The molecular formula is C15H11BrClNO2S. The van der Waals surface area contributed by atoms with Gasteiger partial charge in [-0.25, -0.2) is 0 Å². The Morgan fingerprint density at radius 1 is 1.29 bits per heavy atom. The molecule has 1 aliphatic rings. The minimum Gasteiger partial charge on any atom is -0.506 e. The Kier molecular flexibility index (Phi) is 4.15. The van der Waals surface area contributed by atoms with Crippen molar-refractivity contribution in [3.63, 3.8) is 0 Å². The first-order valence-corrected chi connectivity index (χ1v) is 8.46. The van der Waals surface area contributed by atoms with Crippen molar-refractivity contribution in [2.24, 2.45) is 0 Å². The lowest BCUT2D eigenvalue weighted by atomic mass is 10.2. The number of anilines is 1. The van der Waals surface area contributed by atoms with E-state index >= 15 is 0 Å². The quantitative estimate of drug-likeness (QED) is 0.823. The maximum atomic E-state index is 12.3. The number of carbonyl (C=O) groups excluding carboxylic acids is 1. The Balaban J connectivity index is 2.08. The summed E-state index contributed by atoms with van der Waals surface area (Å²) >= 11 is 11.0. The highest BCUT2D eigenvalue weighted by atomic mass is 79.9. The maximum absolute atomic E-state index is 12.3. The molecule has 3 nitrogen and oxygen atoms in total. The van der Waals surface area contributed by atoms with Crippen LogP contribution in [0, 0.1) is 0 Å². The number of carbonyl (C=O) groups is 1. The number of aromatic hydroxyl groups is 1. The lowest BCUT2D eigenvalue weighted by Crippen LogP contribution is -2.28. The first kappa shape index (κ1) is 14.8. The number of halogens is 2. The molecule has 1 atom stereocenters. The molecule has 0 aliphatic carbocycles. The molecular weight excluding hydrogens is 374 g/mol. The molecule has 1 aliphatic heterocycles. The average molecular weight is 385 g/mol. The topological polar surface area (TPSA) is 40.5 Å². The molecule has 1 fully saturated rings. The van der Waals surface area contributed by atoms with Crippen molar-refractivity contribution in [1.29, 1.82) is 0 Å². The minimum absolute atomic E-state index is 0.0432. The predicted molar refractivity (Wildman–Crippen MR) is 89.9 cm³/mol. The third-order valence-corrected chi connectivity index (χ3v) is 5.39. The van der Waals surface area contributed by atoms with Crippen LogP contribution in [0.25, 0.3) is 0 Å². The van der Waals surface area contributed by atoms with Gasteiger partial charge in [0.25, 0.3) is 0 Å². The molecule has 1 amide bonds. The number of hydrogen-bond acceptors (Lipinski definition) is 3. The number of rotatable bonds is 2. The molecule has 1 saturated heterocycles. The summed E-state index contributed by atoms with van der Waals surface area (Å²) in [5.74, 6) is 0.378. The van der Waals surface area contributed by atoms with Crippen LogP contribution in [0.3, 0.4) is 0 Å². The monoisotopic (exact) mass is 383 g/mol. The van der Waals surface area contributed by atoms with Crippen LogP contribution in [0.2, 0.25) is 5.02 Å². The van der Waals surface area contributed by atoms with Crippen LogP contribution in [0.15, 0.2) is 46.9 Å². The summed E-state index contributed by atoms with van der Waals surface area (Å²) in [4.78, 5) is 13.9. The van der Waals surface area contributed by atoms with Crippen molar-refractivity contribution in [3.8, 4) is 5.75 Å². The van der Waals surface area contributed by atoms with Gasteiger partial charge in [-0.3, -0.25) is 9.69 Å². The van der Waals surface area contributed by atoms with Gasteiger partial charge < -0.3 is 5.11 Å². The van der Waals surface area contributed by atoms with Crippen molar-refractivity contribution in [2.75, 3.05) is 10.7 Å². The number of amides is 1. The number of hydrogen-bond donors (Lipinski definition) is 1. The molecule has 0 saturated carbocycles. The fourth-order valence-corrected chi connectivity index (χ4v) is 4.30. The van der Waals surface area contributed by atoms with Crippen molar-refractivity contribution >= 4 is 50.9 Å². The molecule has 0 spiro atoms. The Bertz CT molecular complexity index is 710. The second kappa shape index (κ2) is 5.91. The average Bonchev–Trinajstić information content (AvgIpc) is 2.84. The number of thioether (sulfide) groups is 1. The maximum Gasteiger partial charge on any atom is 0.238 e. The first-order valence-electron chi connectivity index (χ1n) is 6.24. The number of nitrogens with zero attached hydrogens (tertiary/aromatic N) is 1. The van der Waals surface area contributed by atoms with Gasteiger partial charge in [0.2, 0.25) is 5.91 Å². The summed E-state index contributed by atoms with van der Waals surface area (Å²) in [5, 5.41) is 10.4. The van der Waals surface area contributed by atoms with Gasteiger partial charge in [-0.1, -0.05) is 45.7 Å². The molecule has 0 unspecified atom stereocenters. The second-order valence-electron chi connectivity index (χ2n) is 4.58. The van der Waals surface area contributed by atoms with Crippen LogP contribution in [-0.4, -0.2) is 16.8 Å². The van der Waals surface area contributed by atoms with E-state index < -0.39 is 0 Å². The van der Waals surface area contributed by atoms with E-state index in [1.165, 1.54) is 17.8 Å². The zero-order valence-corrected chi connectivity index (χ0v) is 14.0. The van der Waals surface area contributed by atoms with E-state index in [-0.39, 0.29) is 17.0 Å². The Labute approximate surface area is 140 Å². The third-order valence-electron chi connectivity index (χ3n) is 3.24. The van der Waals surface area contributed by atoms with Gasteiger partial charge in [-0.15, -0.1) is 11.8 Å². The van der Waals surface area contributed by atoms with Crippen LogP contribution < -0.4 is 4.90 Å². The Morgan fingerprint density at radius 2 is 2.05 bits per heavy atom. The molecule has 0 radical (unpaired) electrons. The van der Waals surface area contributed by atoms with Crippen molar-refractivity contribution in [1.82, 2.24) is 0 Å². The summed E-state index contributed by atoms with van der Waals surface area (Å²) in [6.07, 6.45) is 0. The summed E-state index contributed by atoms with van der Waals surface area (Å²) in [5.41, 5.74) is 1.44. The normalized spacial score (nSPS) is 18.3. The third kappa shape index (κ3) is 2.78. The molecule has 0 bridgehead atoms. The fraction of sp³-hybridized carbons (Fsp3) is 0.133. The zero-order chi connectivity index (χ0) is 15.0. The lowest BCUT2D eigenvalue weighted by Gasteiger charge is -2.25. The largest absolute Gasteiger partial charge is 0.506 e. The van der Waals surface area contributed by atoms with Crippen LogP contribution in [0.5, 0.6) is 5.75 Å². The zero-order valence-electron chi connectivity index (χ0n) is 10.8. The molecule has 3 rings (SSSR count). The SMILES string of the molecule is O=C1CS[C@@H](c2ccccc2Br)N1c1cc(Cl)ccc1O. The van der Waals surface area contributed by atoms with Crippen LogP contribution >= 0.6 is 39.3 Å². The summed E-state index contributed by atoms with van der Waals surface area (Å²) in [7, 11) is 0. The predicted octanol–water partition coefficient (Wildman–Crippen LogP) is 4.59. The standard InChI is InChI=1S/C15H11BrClNO2S/c16-11-4-2-1-3-10(11)15-18(14(20)8-21-15)12-7-9(17)5-6-13(12)19/h1-7,15,19H,8H2/t15-/m0/s1. The van der Waals surface area contributed by atoms with Crippen molar-refractivity contribution in [3.05, 3.63) is 57.5 Å². The number of benzene rings is 2. The highest BCUT2D eigenvalue weighted by Crippen LogP contribution is 2.46. The van der Waals surface area contributed by atoms with E-state index in [0.29, 0.717) is 16.5 Å². The van der Waals surface area contributed by atoms with Gasteiger partial charge in [0, 0.05) is 9.50 Å². The minimum atomic E-state index is -0.183. The highest BCUT2D eigenvalue weighted by molar-refractivity contribution is 9.10. The van der Waals surface area contributed by atoms with Crippen LogP contribution in [0.1, 0.15) is 10.9 Å². The van der Waals surface area contributed by atoms with Gasteiger partial charge in [0.15, 0.2) is 0 Å². The van der Waals surface area contributed by atoms with Crippen molar-refractivity contribution < 1.29 is 9.90 Å². The van der Waals surface area contributed by atoms with Crippen molar-refractivity contribution in [2.45, 2.75) is 5.37 Å². The van der Waals surface area contributed by atoms with Gasteiger partial charge >= 0.3 is 0 Å². The van der Waals surface area contributed by atoms with E-state index in [0.717, 1.165) is 10.0 Å². The van der Waals surface area contributed by atoms with E-state index in [2.05, 4.69) is 15.9 Å². The summed E-state index contributed by atoms with van der Waals surface area (Å²) in [6, 6.07) is 12.5. The lowest BCUT2D eigenvalue weighted by molar-refractivity contribution is -0.115. The number of phenolic OH excluding ortho intramolecular Hbond substituents is 1. The van der Waals surface area contributed by atoms with Gasteiger partial charge in [-0.2, -0.15) is 0 Å². The Hall–Kier alpha value is -1.17. The van der Waals surface area contributed by atoms with Crippen LogP contribution in [-0.2, 0) is 4.79 Å². The molecule has 108 valence electrons. The van der Waals surface area contributed by atoms with Gasteiger partial charge in [-0.05, 0) is 29.8 Å². The molecule has 1 N–H and O–H groups in total.